The smallest absolute Gasteiger partial charge is 0.258 e. The number of hydrogen-bond donors (Lipinski definition) is 2. The molecule has 16 heavy (non-hydrogen) atoms. The fraction of sp³-hybridized carbons (Fsp3) is 0.364. The SMILES string of the molecule is Cc1cccc(OCC(=O)NCCO)c1F. The summed E-state index contributed by atoms with van der Waals surface area (Å²) in [7, 11) is 0. The van der Waals surface area contributed by atoms with Crippen molar-refractivity contribution in [3.05, 3.63) is 29.6 Å². The molecule has 0 atom stereocenters. The van der Waals surface area contributed by atoms with Crippen LogP contribution in [0.5, 0.6) is 5.75 Å². The van der Waals surface area contributed by atoms with Gasteiger partial charge >= 0.3 is 0 Å². The van der Waals surface area contributed by atoms with Crippen LogP contribution >= 0.6 is 0 Å². The maximum Gasteiger partial charge on any atom is 0.258 e. The minimum absolute atomic E-state index is 0.0548. The van der Waals surface area contributed by atoms with Gasteiger partial charge in [0.15, 0.2) is 18.2 Å². The van der Waals surface area contributed by atoms with Crippen molar-refractivity contribution in [2.24, 2.45) is 0 Å². The largest absolute Gasteiger partial charge is 0.481 e. The monoisotopic (exact) mass is 227 g/mol. The molecule has 0 saturated heterocycles. The molecule has 0 spiro atoms. The zero-order chi connectivity index (χ0) is 12.0. The summed E-state index contributed by atoms with van der Waals surface area (Å²) in [5.74, 6) is -0.799. The summed E-state index contributed by atoms with van der Waals surface area (Å²) < 4.78 is 18.4. The molecule has 0 aliphatic carbocycles. The molecule has 5 heteroatoms. The van der Waals surface area contributed by atoms with E-state index in [0.29, 0.717) is 5.56 Å². The number of aliphatic hydroxyl groups is 1. The number of carbonyl (C=O) groups excluding carboxylic acids is 1. The van der Waals surface area contributed by atoms with Crippen LogP contribution in [0.15, 0.2) is 18.2 Å². The molecule has 2 N–H and O–H groups in total. The lowest BCUT2D eigenvalue weighted by Gasteiger charge is -2.08. The molecule has 0 fully saturated rings. The van der Waals surface area contributed by atoms with Crippen LogP contribution < -0.4 is 10.1 Å². The van der Waals surface area contributed by atoms with Crippen molar-refractivity contribution in [2.75, 3.05) is 19.8 Å². The Labute approximate surface area is 93.0 Å². The number of benzene rings is 1. The second kappa shape index (κ2) is 6.07. The van der Waals surface area contributed by atoms with Gasteiger partial charge in [-0.25, -0.2) is 4.39 Å². The summed E-state index contributed by atoms with van der Waals surface area (Å²) >= 11 is 0. The van der Waals surface area contributed by atoms with E-state index in [1.807, 2.05) is 0 Å². The highest BCUT2D eigenvalue weighted by atomic mass is 19.1. The molecule has 0 bridgehead atoms. The third-order valence-electron chi connectivity index (χ3n) is 1.95. The Morgan fingerprint density at radius 2 is 2.31 bits per heavy atom. The lowest BCUT2D eigenvalue weighted by atomic mass is 10.2. The third kappa shape index (κ3) is 3.51. The second-order valence-corrected chi connectivity index (χ2v) is 3.25. The highest BCUT2D eigenvalue weighted by Gasteiger charge is 2.07. The third-order valence-corrected chi connectivity index (χ3v) is 1.95. The van der Waals surface area contributed by atoms with Gasteiger partial charge in [-0.15, -0.1) is 0 Å². The van der Waals surface area contributed by atoms with Crippen LogP contribution in [0.25, 0.3) is 0 Å². The van der Waals surface area contributed by atoms with Gasteiger partial charge in [-0.2, -0.15) is 0 Å². The summed E-state index contributed by atoms with van der Waals surface area (Å²) in [5.41, 5.74) is 0.466. The van der Waals surface area contributed by atoms with Gasteiger partial charge in [-0.1, -0.05) is 12.1 Å². The van der Waals surface area contributed by atoms with Gasteiger partial charge in [0.1, 0.15) is 0 Å². The fourth-order valence-corrected chi connectivity index (χ4v) is 1.12. The van der Waals surface area contributed by atoms with Gasteiger partial charge < -0.3 is 15.2 Å². The number of ether oxygens (including phenoxy) is 1. The van der Waals surface area contributed by atoms with Gasteiger partial charge in [0.2, 0.25) is 0 Å². The second-order valence-electron chi connectivity index (χ2n) is 3.25. The van der Waals surface area contributed by atoms with Gasteiger partial charge in [0.25, 0.3) is 5.91 Å². The first kappa shape index (κ1) is 12.4. The minimum Gasteiger partial charge on any atom is -0.481 e. The van der Waals surface area contributed by atoms with Crippen molar-refractivity contribution in [2.45, 2.75) is 6.92 Å². The quantitative estimate of drug-likeness (QED) is 0.775. The maximum absolute atomic E-state index is 13.4. The average Bonchev–Trinajstić information content (AvgIpc) is 2.28. The van der Waals surface area contributed by atoms with E-state index >= 15 is 0 Å². The number of nitrogens with one attached hydrogen (secondary N) is 1. The predicted octanol–water partition coefficient (Wildman–Crippen LogP) is 0.621. The van der Waals surface area contributed by atoms with E-state index in [9.17, 15) is 9.18 Å². The molecule has 0 aliphatic rings. The van der Waals surface area contributed by atoms with Gasteiger partial charge in [0.05, 0.1) is 6.61 Å². The van der Waals surface area contributed by atoms with E-state index in [1.165, 1.54) is 6.07 Å². The Balaban J connectivity index is 2.48. The van der Waals surface area contributed by atoms with Crippen molar-refractivity contribution in [1.82, 2.24) is 5.32 Å². The fourth-order valence-electron chi connectivity index (χ4n) is 1.12. The number of rotatable bonds is 5. The molecule has 0 unspecified atom stereocenters. The zero-order valence-electron chi connectivity index (χ0n) is 9.00. The number of halogens is 1. The van der Waals surface area contributed by atoms with Crippen molar-refractivity contribution in [3.63, 3.8) is 0 Å². The summed E-state index contributed by atoms with van der Waals surface area (Å²) in [6.45, 7) is 1.39. The Hall–Kier alpha value is -1.62. The van der Waals surface area contributed by atoms with E-state index in [0.717, 1.165) is 0 Å². The molecule has 0 aliphatic heterocycles. The Morgan fingerprint density at radius 3 is 3.00 bits per heavy atom. The molecule has 1 rings (SSSR count). The molecule has 88 valence electrons. The van der Waals surface area contributed by atoms with Crippen molar-refractivity contribution in [1.29, 1.82) is 0 Å². The number of hydrogen-bond acceptors (Lipinski definition) is 3. The first-order valence-electron chi connectivity index (χ1n) is 4.90. The predicted molar refractivity (Wildman–Crippen MR) is 56.7 cm³/mol. The summed E-state index contributed by atoms with van der Waals surface area (Å²) in [6.07, 6.45) is 0. The van der Waals surface area contributed by atoms with Crippen LogP contribution in [0.1, 0.15) is 5.56 Å². The number of carbonyl (C=O) groups is 1. The van der Waals surface area contributed by atoms with E-state index in [-0.39, 0.29) is 25.5 Å². The zero-order valence-corrected chi connectivity index (χ0v) is 9.00. The van der Waals surface area contributed by atoms with Crippen LogP contribution in [0, 0.1) is 12.7 Å². The van der Waals surface area contributed by atoms with Gasteiger partial charge in [-0.3, -0.25) is 4.79 Å². The Kier molecular flexibility index (Phi) is 4.72. The maximum atomic E-state index is 13.4. The number of aryl methyl sites for hydroxylation is 1. The number of aliphatic hydroxyl groups excluding tert-OH is 1. The van der Waals surface area contributed by atoms with Crippen LogP contribution in [-0.4, -0.2) is 30.8 Å². The van der Waals surface area contributed by atoms with Crippen molar-refractivity contribution >= 4 is 5.91 Å². The van der Waals surface area contributed by atoms with Crippen LogP contribution in [0.3, 0.4) is 0 Å². The van der Waals surface area contributed by atoms with Crippen LogP contribution in [0.4, 0.5) is 4.39 Å². The van der Waals surface area contributed by atoms with E-state index in [1.54, 1.807) is 19.1 Å². The molecule has 0 aromatic heterocycles. The highest BCUT2D eigenvalue weighted by Crippen LogP contribution is 2.19. The Morgan fingerprint density at radius 1 is 1.56 bits per heavy atom. The van der Waals surface area contributed by atoms with E-state index in [4.69, 9.17) is 9.84 Å². The van der Waals surface area contributed by atoms with Gasteiger partial charge in [0, 0.05) is 6.54 Å². The molecular formula is C11H14FNO3. The van der Waals surface area contributed by atoms with Crippen molar-refractivity contribution in [3.8, 4) is 5.75 Å². The summed E-state index contributed by atoms with van der Waals surface area (Å²) in [5, 5.41) is 10.9. The molecule has 1 aromatic rings. The van der Waals surface area contributed by atoms with E-state index in [2.05, 4.69) is 5.32 Å². The molecule has 1 aromatic carbocycles. The van der Waals surface area contributed by atoms with Crippen LogP contribution in [-0.2, 0) is 4.79 Å². The van der Waals surface area contributed by atoms with Crippen LogP contribution in [0.2, 0.25) is 0 Å². The molecule has 0 radical (unpaired) electrons. The van der Waals surface area contributed by atoms with Gasteiger partial charge in [-0.05, 0) is 18.6 Å². The highest BCUT2D eigenvalue weighted by molar-refractivity contribution is 5.77. The molecule has 0 heterocycles. The first-order chi connectivity index (χ1) is 7.65. The Bertz CT molecular complexity index is 368. The average molecular weight is 227 g/mol. The topological polar surface area (TPSA) is 58.6 Å². The molecule has 0 saturated carbocycles. The molecule has 4 nitrogen and oxygen atoms in total. The van der Waals surface area contributed by atoms with E-state index < -0.39 is 11.7 Å². The number of amides is 1. The first-order valence-corrected chi connectivity index (χ1v) is 4.90. The summed E-state index contributed by atoms with van der Waals surface area (Å²) in [4.78, 5) is 11.1. The normalized spacial score (nSPS) is 9.94. The minimum atomic E-state index is -0.461. The molecule has 1 amide bonds. The lowest BCUT2D eigenvalue weighted by Crippen LogP contribution is -2.31. The van der Waals surface area contributed by atoms with Crippen molar-refractivity contribution < 1.29 is 19.0 Å². The standard InChI is InChI=1S/C11H14FNO3/c1-8-3-2-4-9(11(8)12)16-7-10(15)13-5-6-14/h2-4,14H,5-7H2,1H3,(H,13,15). The lowest BCUT2D eigenvalue weighted by molar-refractivity contribution is -0.123. The summed E-state index contributed by atoms with van der Waals surface area (Å²) in [6, 6.07) is 4.73. The molecular weight excluding hydrogens is 213 g/mol.